The molecule has 28 heavy (non-hydrogen) atoms. The fourth-order valence-electron chi connectivity index (χ4n) is 2.17. The number of nitro benzene ring substituents is 1. The smallest absolute Gasteiger partial charge is 0.271 e. The van der Waals surface area contributed by atoms with Crippen molar-refractivity contribution >= 4 is 62.1 Å². The van der Waals surface area contributed by atoms with Gasteiger partial charge in [-0.25, -0.2) is 0 Å². The predicted molar refractivity (Wildman–Crippen MR) is 116 cm³/mol. The number of nitrogens with zero attached hydrogens (tertiary/aromatic N) is 1. The highest BCUT2D eigenvalue weighted by Crippen LogP contribution is 2.27. The van der Waals surface area contributed by atoms with Crippen LogP contribution in [0.15, 0.2) is 40.9 Å². The number of benzene rings is 2. The molecule has 0 heterocycles. The molecule has 0 atom stereocenters. The number of rotatable bonds is 7. The van der Waals surface area contributed by atoms with Crippen molar-refractivity contribution in [3.8, 4) is 5.75 Å². The van der Waals surface area contributed by atoms with E-state index in [0.29, 0.717) is 23.6 Å². The minimum atomic E-state index is -0.552. The highest BCUT2D eigenvalue weighted by Gasteiger charge is 2.16. The van der Waals surface area contributed by atoms with Crippen molar-refractivity contribution in [2.45, 2.75) is 19.8 Å². The third-order valence-electron chi connectivity index (χ3n) is 3.58. The van der Waals surface area contributed by atoms with E-state index in [-0.39, 0.29) is 15.8 Å². The SMILES string of the molecule is CCCCOc1ccc(Br)cc1C(=O)NC(=S)Nc1ccc([N+](=O)[O-])cc1Cl. The minimum Gasteiger partial charge on any atom is -0.493 e. The summed E-state index contributed by atoms with van der Waals surface area (Å²) < 4.78 is 6.40. The summed E-state index contributed by atoms with van der Waals surface area (Å²) in [6.07, 6.45) is 1.85. The van der Waals surface area contributed by atoms with Crippen molar-refractivity contribution in [2.24, 2.45) is 0 Å². The van der Waals surface area contributed by atoms with Crippen LogP contribution in [0, 0.1) is 10.1 Å². The first-order valence-corrected chi connectivity index (χ1v) is 9.88. The third-order valence-corrected chi connectivity index (χ3v) is 4.59. The molecule has 2 aromatic rings. The second kappa shape index (κ2) is 10.4. The Bertz CT molecular complexity index is 910. The van der Waals surface area contributed by atoms with E-state index in [4.69, 9.17) is 28.6 Å². The number of nitro groups is 1. The summed E-state index contributed by atoms with van der Waals surface area (Å²) in [5.41, 5.74) is 0.518. The van der Waals surface area contributed by atoms with Gasteiger partial charge in [0.05, 0.1) is 27.8 Å². The van der Waals surface area contributed by atoms with E-state index in [1.165, 1.54) is 18.2 Å². The van der Waals surface area contributed by atoms with Gasteiger partial charge in [-0.05, 0) is 42.9 Å². The molecule has 7 nitrogen and oxygen atoms in total. The van der Waals surface area contributed by atoms with Crippen LogP contribution in [0.5, 0.6) is 5.75 Å². The summed E-state index contributed by atoms with van der Waals surface area (Å²) in [5.74, 6) is -0.00588. The second-order valence-electron chi connectivity index (χ2n) is 5.67. The Labute approximate surface area is 180 Å². The molecule has 2 aromatic carbocycles. The lowest BCUT2D eigenvalue weighted by Crippen LogP contribution is -2.34. The number of amides is 1. The fraction of sp³-hybridized carbons (Fsp3) is 0.222. The maximum Gasteiger partial charge on any atom is 0.271 e. The number of thiocarbonyl (C=S) groups is 1. The topological polar surface area (TPSA) is 93.5 Å². The first-order valence-electron chi connectivity index (χ1n) is 8.30. The molecule has 0 aliphatic heterocycles. The Morgan fingerprint density at radius 3 is 2.71 bits per heavy atom. The number of hydrogen-bond acceptors (Lipinski definition) is 5. The average Bonchev–Trinajstić information content (AvgIpc) is 2.64. The standard InChI is InChI=1S/C18H17BrClN3O4S/c1-2-3-8-27-16-7-4-11(19)9-13(16)17(24)22-18(28)21-15-6-5-12(23(25)26)10-14(15)20/h4-7,9-10H,2-3,8H2,1H3,(H2,21,22,24,28). The highest BCUT2D eigenvalue weighted by molar-refractivity contribution is 9.10. The third kappa shape index (κ3) is 6.15. The zero-order valence-electron chi connectivity index (χ0n) is 14.8. The summed E-state index contributed by atoms with van der Waals surface area (Å²) in [6.45, 7) is 2.55. The van der Waals surface area contributed by atoms with Gasteiger partial charge in [0.1, 0.15) is 5.75 Å². The Hall–Kier alpha value is -2.23. The molecule has 0 bridgehead atoms. The van der Waals surface area contributed by atoms with E-state index in [2.05, 4.69) is 26.6 Å². The first-order chi connectivity index (χ1) is 13.3. The van der Waals surface area contributed by atoms with E-state index in [9.17, 15) is 14.9 Å². The molecule has 0 spiro atoms. The van der Waals surface area contributed by atoms with Crippen LogP contribution in [0.2, 0.25) is 5.02 Å². The predicted octanol–water partition coefficient (Wildman–Crippen LogP) is 5.32. The summed E-state index contributed by atoms with van der Waals surface area (Å²) in [6, 6.07) is 9.02. The van der Waals surface area contributed by atoms with Gasteiger partial charge in [0.15, 0.2) is 5.11 Å². The van der Waals surface area contributed by atoms with E-state index < -0.39 is 10.8 Å². The molecule has 2 N–H and O–H groups in total. The van der Waals surface area contributed by atoms with Crippen LogP contribution < -0.4 is 15.4 Å². The number of non-ortho nitro benzene ring substituents is 1. The van der Waals surface area contributed by atoms with Gasteiger partial charge in [-0.1, -0.05) is 40.9 Å². The normalized spacial score (nSPS) is 10.2. The molecule has 0 unspecified atom stereocenters. The fourth-order valence-corrected chi connectivity index (χ4v) is 2.96. The number of hydrogen-bond donors (Lipinski definition) is 2. The number of anilines is 1. The summed E-state index contributed by atoms with van der Waals surface area (Å²) in [4.78, 5) is 22.8. The Morgan fingerprint density at radius 1 is 1.32 bits per heavy atom. The number of carbonyl (C=O) groups is 1. The summed E-state index contributed by atoms with van der Waals surface area (Å²) >= 11 is 14.5. The maximum atomic E-state index is 12.6. The number of nitrogens with one attached hydrogen (secondary N) is 2. The minimum absolute atomic E-state index is 0.000219. The van der Waals surface area contributed by atoms with Crippen LogP contribution in [-0.2, 0) is 0 Å². The maximum absolute atomic E-state index is 12.6. The van der Waals surface area contributed by atoms with E-state index in [1.54, 1.807) is 18.2 Å². The molecule has 1 amide bonds. The second-order valence-corrected chi connectivity index (χ2v) is 7.40. The monoisotopic (exact) mass is 485 g/mol. The van der Waals surface area contributed by atoms with Gasteiger partial charge in [0.25, 0.3) is 11.6 Å². The lowest BCUT2D eigenvalue weighted by molar-refractivity contribution is -0.384. The van der Waals surface area contributed by atoms with Crippen LogP contribution in [0.3, 0.4) is 0 Å². The lowest BCUT2D eigenvalue weighted by Gasteiger charge is -2.14. The first kappa shape index (κ1) is 22.1. The van der Waals surface area contributed by atoms with Crippen LogP contribution in [-0.4, -0.2) is 22.5 Å². The lowest BCUT2D eigenvalue weighted by atomic mass is 10.2. The molecular formula is C18H17BrClN3O4S. The van der Waals surface area contributed by atoms with Crippen LogP contribution >= 0.6 is 39.7 Å². The Kier molecular flexibility index (Phi) is 8.16. The average molecular weight is 487 g/mol. The van der Waals surface area contributed by atoms with Crippen molar-refractivity contribution in [2.75, 3.05) is 11.9 Å². The number of ether oxygens (including phenoxy) is 1. The number of unbranched alkanes of at least 4 members (excludes halogenated alkanes) is 1. The number of halogens is 2. The van der Waals surface area contributed by atoms with Gasteiger partial charge in [0.2, 0.25) is 0 Å². The molecule has 0 aliphatic rings. The van der Waals surface area contributed by atoms with Crippen molar-refractivity contribution in [1.29, 1.82) is 0 Å². The molecule has 0 aromatic heterocycles. The molecule has 0 aliphatic carbocycles. The van der Waals surface area contributed by atoms with Gasteiger partial charge < -0.3 is 10.1 Å². The highest BCUT2D eigenvalue weighted by atomic mass is 79.9. The van der Waals surface area contributed by atoms with E-state index in [1.807, 2.05) is 6.92 Å². The molecule has 148 valence electrons. The Morgan fingerprint density at radius 2 is 2.07 bits per heavy atom. The van der Waals surface area contributed by atoms with Crippen molar-refractivity contribution in [1.82, 2.24) is 5.32 Å². The Balaban J connectivity index is 2.09. The summed E-state index contributed by atoms with van der Waals surface area (Å²) in [5, 5.41) is 16.2. The van der Waals surface area contributed by atoms with Gasteiger partial charge in [-0.3, -0.25) is 20.2 Å². The van der Waals surface area contributed by atoms with Crippen LogP contribution in [0.25, 0.3) is 0 Å². The van der Waals surface area contributed by atoms with Gasteiger partial charge in [-0.15, -0.1) is 0 Å². The summed E-state index contributed by atoms with van der Waals surface area (Å²) in [7, 11) is 0. The van der Waals surface area contributed by atoms with Crippen molar-refractivity contribution in [3.63, 3.8) is 0 Å². The largest absolute Gasteiger partial charge is 0.493 e. The van der Waals surface area contributed by atoms with Gasteiger partial charge in [-0.2, -0.15) is 0 Å². The zero-order chi connectivity index (χ0) is 20.7. The van der Waals surface area contributed by atoms with Crippen molar-refractivity contribution in [3.05, 3.63) is 61.6 Å². The van der Waals surface area contributed by atoms with Crippen molar-refractivity contribution < 1.29 is 14.5 Å². The molecule has 0 radical (unpaired) electrons. The molecule has 10 heteroatoms. The molecular weight excluding hydrogens is 470 g/mol. The van der Waals surface area contributed by atoms with Crippen LogP contribution in [0.4, 0.5) is 11.4 Å². The van der Waals surface area contributed by atoms with Gasteiger partial charge >= 0.3 is 0 Å². The van der Waals surface area contributed by atoms with Gasteiger partial charge in [0, 0.05) is 16.6 Å². The van der Waals surface area contributed by atoms with E-state index >= 15 is 0 Å². The number of carbonyl (C=O) groups excluding carboxylic acids is 1. The molecule has 0 fully saturated rings. The van der Waals surface area contributed by atoms with E-state index in [0.717, 1.165) is 17.3 Å². The quantitative estimate of drug-likeness (QED) is 0.238. The molecule has 0 saturated carbocycles. The molecule has 2 rings (SSSR count). The zero-order valence-corrected chi connectivity index (χ0v) is 18.0. The molecule has 0 saturated heterocycles. The van der Waals surface area contributed by atoms with Crippen LogP contribution in [0.1, 0.15) is 30.1 Å².